The first kappa shape index (κ1) is 19.7. The molecular weight excluding hydrogens is 342 g/mol. The van der Waals surface area contributed by atoms with Crippen molar-refractivity contribution in [1.29, 1.82) is 0 Å². The molecule has 1 atom stereocenters. The number of nitrogens with one attached hydrogen (secondary N) is 2. The van der Waals surface area contributed by atoms with Gasteiger partial charge < -0.3 is 15.7 Å². The van der Waals surface area contributed by atoms with Gasteiger partial charge in [-0.3, -0.25) is 9.69 Å². The quantitative estimate of drug-likeness (QED) is 0.686. The Kier molecular flexibility index (Phi) is 6.37. The number of hydrogen-bond donors (Lipinski definition) is 3. The zero-order valence-electron chi connectivity index (χ0n) is 16.3. The summed E-state index contributed by atoms with van der Waals surface area (Å²) in [6.45, 7) is 4.76. The molecule has 3 N–H and O–H groups in total. The van der Waals surface area contributed by atoms with E-state index in [1.54, 1.807) is 0 Å². The number of hydrogen-bond acceptors (Lipinski definition) is 3. The summed E-state index contributed by atoms with van der Waals surface area (Å²) >= 11 is 0. The summed E-state index contributed by atoms with van der Waals surface area (Å²) in [6.07, 6.45) is 6.43. The highest BCUT2D eigenvalue weighted by molar-refractivity contribution is 5.75. The molecule has 6 nitrogen and oxygen atoms in total. The Bertz CT molecular complexity index is 685. The molecule has 1 aromatic rings. The molecule has 27 heavy (non-hydrogen) atoms. The van der Waals surface area contributed by atoms with Crippen LogP contribution in [0.4, 0.5) is 4.79 Å². The Morgan fingerprint density at radius 2 is 1.93 bits per heavy atom. The lowest BCUT2D eigenvalue weighted by molar-refractivity contribution is -0.139. The van der Waals surface area contributed by atoms with Crippen molar-refractivity contribution >= 4 is 12.0 Å². The fourth-order valence-electron chi connectivity index (χ4n) is 4.21. The molecule has 0 aliphatic heterocycles. The number of likely N-dealkylation sites (N-methyl/N-ethyl adjacent to an activating group) is 1. The van der Waals surface area contributed by atoms with Crippen molar-refractivity contribution < 1.29 is 14.7 Å². The Morgan fingerprint density at radius 3 is 2.59 bits per heavy atom. The summed E-state index contributed by atoms with van der Waals surface area (Å²) in [6, 6.07) is 6.75. The van der Waals surface area contributed by atoms with Crippen LogP contribution >= 0.6 is 0 Å². The minimum Gasteiger partial charge on any atom is -0.480 e. The van der Waals surface area contributed by atoms with Crippen molar-refractivity contribution in [2.24, 2.45) is 0 Å². The molecule has 0 spiro atoms. The average Bonchev–Trinajstić information content (AvgIpc) is 2.62. The number of carboxylic acid groups (broad SMARTS) is 1. The second-order valence-corrected chi connectivity index (χ2v) is 7.85. The van der Waals surface area contributed by atoms with Crippen LogP contribution in [-0.4, -0.2) is 47.2 Å². The first-order chi connectivity index (χ1) is 13.0. The van der Waals surface area contributed by atoms with E-state index in [9.17, 15) is 9.59 Å². The first-order valence-electron chi connectivity index (χ1n) is 10.1. The van der Waals surface area contributed by atoms with Crippen LogP contribution in [-0.2, 0) is 17.6 Å². The molecule has 3 rings (SSSR count). The van der Waals surface area contributed by atoms with Crippen molar-refractivity contribution in [1.82, 2.24) is 15.5 Å². The molecule has 1 aromatic carbocycles. The normalized spacial score (nSPS) is 22.5. The molecule has 0 heterocycles. The van der Waals surface area contributed by atoms with Gasteiger partial charge in [0, 0.05) is 12.1 Å². The van der Waals surface area contributed by atoms with Crippen LogP contribution < -0.4 is 10.6 Å². The first-order valence-corrected chi connectivity index (χ1v) is 10.1. The number of rotatable bonds is 7. The third-order valence-electron chi connectivity index (χ3n) is 5.93. The summed E-state index contributed by atoms with van der Waals surface area (Å²) in [7, 11) is 0. The Hall–Kier alpha value is -2.08. The third kappa shape index (κ3) is 5.01. The minimum atomic E-state index is -0.801. The number of urea groups is 1. The minimum absolute atomic E-state index is 0.0350. The van der Waals surface area contributed by atoms with E-state index in [0.717, 1.165) is 31.2 Å². The standard InChI is InChI=1S/C21H31N3O3/c1-3-24(13-20(25)26)19-11-18(12-19)23-21(27)22-14(2)16-9-8-15-6-4-5-7-17(15)10-16/h8-10,14,18-19H,3-7,11-13H2,1-2H3,(H,25,26)(H2,22,23,27)/t14-,18?,19?/m1/s1. The van der Waals surface area contributed by atoms with Gasteiger partial charge in [0.1, 0.15) is 0 Å². The second-order valence-electron chi connectivity index (χ2n) is 7.85. The van der Waals surface area contributed by atoms with Crippen LogP contribution in [0.15, 0.2) is 18.2 Å². The lowest BCUT2D eigenvalue weighted by Gasteiger charge is -2.42. The van der Waals surface area contributed by atoms with Gasteiger partial charge in [0.2, 0.25) is 0 Å². The monoisotopic (exact) mass is 373 g/mol. The predicted molar refractivity (Wildman–Crippen MR) is 105 cm³/mol. The molecule has 0 aromatic heterocycles. The average molecular weight is 373 g/mol. The maximum absolute atomic E-state index is 12.3. The van der Waals surface area contributed by atoms with Gasteiger partial charge in [-0.05, 0) is 68.7 Å². The van der Waals surface area contributed by atoms with Crippen molar-refractivity contribution in [2.45, 2.75) is 70.5 Å². The van der Waals surface area contributed by atoms with Gasteiger partial charge in [0.25, 0.3) is 0 Å². The molecule has 6 heteroatoms. The maximum atomic E-state index is 12.3. The summed E-state index contributed by atoms with van der Waals surface area (Å²) in [4.78, 5) is 25.2. The van der Waals surface area contributed by atoms with Crippen LogP contribution in [0, 0.1) is 0 Å². The van der Waals surface area contributed by atoms with Crippen LogP contribution in [0.3, 0.4) is 0 Å². The van der Waals surface area contributed by atoms with Gasteiger partial charge in [-0.2, -0.15) is 0 Å². The van der Waals surface area contributed by atoms with Gasteiger partial charge in [0.05, 0.1) is 12.6 Å². The number of carbonyl (C=O) groups is 2. The largest absolute Gasteiger partial charge is 0.480 e. The number of aliphatic carboxylic acids is 1. The molecule has 148 valence electrons. The summed E-state index contributed by atoms with van der Waals surface area (Å²) in [5, 5.41) is 15.0. The van der Waals surface area contributed by atoms with Crippen LogP contribution in [0.2, 0.25) is 0 Å². The molecule has 0 bridgehead atoms. The SMILES string of the molecule is CCN(CC(=O)O)C1CC(NC(=O)N[C@H](C)c2ccc3c(c2)CCCC3)C1. The fraction of sp³-hybridized carbons (Fsp3) is 0.619. The molecule has 1 saturated carbocycles. The Morgan fingerprint density at radius 1 is 1.22 bits per heavy atom. The zero-order valence-corrected chi connectivity index (χ0v) is 16.3. The van der Waals surface area contributed by atoms with Gasteiger partial charge in [-0.1, -0.05) is 25.1 Å². The lowest BCUT2D eigenvalue weighted by Crippen LogP contribution is -2.56. The molecule has 2 aliphatic rings. The van der Waals surface area contributed by atoms with Gasteiger partial charge in [-0.25, -0.2) is 4.79 Å². The number of carboxylic acids is 1. The number of nitrogens with zero attached hydrogens (tertiary/aromatic N) is 1. The summed E-state index contributed by atoms with van der Waals surface area (Å²) in [5.74, 6) is -0.801. The topological polar surface area (TPSA) is 81.7 Å². The van der Waals surface area contributed by atoms with E-state index in [0.29, 0.717) is 6.54 Å². The van der Waals surface area contributed by atoms with Gasteiger partial charge in [-0.15, -0.1) is 0 Å². The van der Waals surface area contributed by atoms with Crippen molar-refractivity contribution in [3.8, 4) is 0 Å². The number of aryl methyl sites for hydroxylation is 2. The third-order valence-corrected chi connectivity index (χ3v) is 5.93. The van der Waals surface area contributed by atoms with Crippen LogP contribution in [0.25, 0.3) is 0 Å². The zero-order chi connectivity index (χ0) is 19.4. The van der Waals surface area contributed by atoms with E-state index in [-0.39, 0.29) is 30.7 Å². The number of carbonyl (C=O) groups excluding carboxylic acids is 1. The Labute approximate surface area is 161 Å². The van der Waals surface area contributed by atoms with Gasteiger partial charge >= 0.3 is 12.0 Å². The van der Waals surface area contributed by atoms with E-state index in [4.69, 9.17) is 5.11 Å². The molecule has 2 aliphatic carbocycles. The van der Waals surface area contributed by atoms with Crippen molar-refractivity contribution in [3.63, 3.8) is 0 Å². The van der Waals surface area contributed by atoms with Crippen molar-refractivity contribution in [2.75, 3.05) is 13.1 Å². The molecule has 0 unspecified atom stereocenters. The highest BCUT2D eigenvalue weighted by atomic mass is 16.4. The summed E-state index contributed by atoms with van der Waals surface area (Å²) in [5.41, 5.74) is 4.02. The highest BCUT2D eigenvalue weighted by Gasteiger charge is 2.34. The fourth-order valence-corrected chi connectivity index (χ4v) is 4.21. The lowest BCUT2D eigenvalue weighted by atomic mass is 9.85. The molecule has 1 fully saturated rings. The van der Waals surface area contributed by atoms with Gasteiger partial charge in [0.15, 0.2) is 0 Å². The van der Waals surface area contributed by atoms with E-state index in [2.05, 4.69) is 28.8 Å². The maximum Gasteiger partial charge on any atom is 0.317 e. The van der Waals surface area contributed by atoms with E-state index >= 15 is 0 Å². The van der Waals surface area contributed by atoms with E-state index in [1.165, 1.54) is 24.0 Å². The molecule has 0 radical (unpaired) electrons. The van der Waals surface area contributed by atoms with Crippen LogP contribution in [0.5, 0.6) is 0 Å². The predicted octanol–water partition coefficient (Wildman–Crippen LogP) is 2.86. The number of amides is 2. The van der Waals surface area contributed by atoms with E-state index < -0.39 is 5.97 Å². The van der Waals surface area contributed by atoms with E-state index in [1.807, 2.05) is 18.7 Å². The van der Waals surface area contributed by atoms with Crippen LogP contribution in [0.1, 0.15) is 62.3 Å². The number of fused-ring (bicyclic) bond motifs is 1. The molecule has 2 amide bonds. The summed E-state index contributed by atoms with van der Waals surface area (Å²) < 4.78 is 0. The second kappa shape index (κ2) is 8.74. The highest BCUT2D eigenvalue weighted by Crippen LogP contribution is 2.26. The smallest absolute Gasteiger partial charge is 0.317 e. The molecule has 0 saturated heterocycles. The number of benzene rings is 1. The molecular formula is C21H31N3O3. The Balaban J connectivity index is 1.45. The van der Waals surface area contributed by atoms with Crippen molar-refractivity contribution in [3.05, 3.63) is 34.9 Å².